The van der Waals surface area contributed by atoms with Crippen molar-refractivity contribution < 1.29 is 14.3 Å². The highest BCUT2D eigenvalue weighted by Crippen LogP contribution is 2.33. The zero-order valence-corrected chi connectivity index (χ0v) is 19.2. The molecule has 1 aliphatic heterocycles. The van der Waals surface area contributed by atoms with Crippen LogP contribution >= 0.6 is 34.3 Å². The molecule has 0 saturated carbocycles. The van der Waals surface area contributed by atoms with Crippen molar-refractivity contribution in [2.45, 2.75) is 13.0 Å². The predicted octanol–water partition coefficient (Wildman–Crippen LogP) is 3.14. The van der Waals surface area contributed by atoms with Crippen LogP contribution in [0, 0.1) is 0 Å². The highest BCUT2D eigenvalue weighted by molar-refractivity contribution is 7.10. The lowest BCUT2D eigenvalue weighted by atomic mass is 10.0. The number of methoxy groups -OCH3 is 1. The minimum atomic E-state index is -0.585. The molecule has 9 heteroatoms. The number of halogens is 1. The van der Waals surface area contributed by atoms with Crippen LogP contribution in [0.2, 0.25) is 5.02 Å². The van der Waals surface area contributed by atoms with Gasteiger partial charge in [-0.25, -0.2) is 9.79 Å². The van der Waals surface area contributed by atoms with E-state index in [1.54, 1.807) is 30.7 Å². The van der Waals surface area contributed by atoms with Crippen molar-refractivity contribution >= 4 is 46.3 Å². The molecule has 3 heterocycles. The van der Waals surface area contributed by atoms with Gasteiger partial charge in [0.15, 0.2) is 4.80 Å². The normalized spacial score (nSPS) is 16.2. The van der Waals surface area contributed by atoms with Crippen molar-refractivity contribution in [1.82, 2.24) is 4.57 Å². The van der Waals surface area contributed by atoms with E-state index < -0.39 is 12.0 Å². The quantitative estimate of drug-likeness (QED) is 0.406. The van der Waals surface area contributed by atoms with E-state index in [9.17, 15) is 9.59 Å². The first-order valence-electron chi connectivity index (χ1n) is 9.47. The highest BCUT2D eigenvalue weighted by atomic mass is 35.5. The molecule has 4 rings (SSSR count). The predicted molar refractivity (Wildman–Crippen MR) is 122 cm³/mol. The van der Waals surface area contributed by atoms with Gasteiger partial charge in [0, 0.05) is 17.0 Å². The van der Waals surface area contributed by atoms with Crippen LogP contribution in [0.5, 0.6) is 0 Å². The largest absolute Gasteiger partial charge is 0.460 e. The molecule has 160 valence electrons. The van der Waals surface area contributed by atoms with Gasteiger partial charge in [0.1, 0.15) is 12.6 Å². The minimum Gasteiger partial charge on any atom is -0.460 e. The second-order valence-electron chi connectivity index (χ2n) is 6.78. The molecule has 1 atom stereocenters. The summed E-state index contributed by atoms with van der Waals surface area (Å²) in [4.78, 5) is 32.3. The number of esters is 1. The minimum absolute atomic E-state index is 0.129. The first-order chi connectivity index (χ1) is 15.0. The van der Waals surface area contributed by atoms with Crippen LogP contribution in [-0.2, 0) is 14.3 Å². The van der Waals surface area contributed by atoms with Crippen molar-refractivity contribution in [3.8, 4) is 0 Å². The molecule has 31 heavy (non-hydrogen) atoms. The Kier molecular flexibility index (Phi) is 6.52. The number of allylic oxidation sites excluding steroid dienone is 1. The van der Waals surface area contributed by atoms with E-state index in [-0.39, 0.29) is 12.2 Å². The Labute approximate surface area is 191 Å². The van der Waals surface area contributed by atoms with Crippen LogP contribution in [-0.4, -0.2) is 30.9 Å². The molecule has 6 nitrogen and oxygen atoms in total. The number of hydrogen-bond donors (Lipinski definition) is 0. The lowest BCUT2D eigenvalue weighted by Crippen LogP contribution is -2.39. The van der Waals surface area contributed by atoms with Gasteiger partial charge in [-0.2, -0.15) is 0 Å². The molecule has 0 spiro atoms. The fourth-order valence-electron chi connectivity index (χ4n) is 3.30. The molecule has 0 fully saturated rings. The fraction of sp³-hybridized carbons (Fsp3) is 0.227. The average molecular weight is 475 g/mol. The topological polar surface area (TPSA) is 69.9 Å². The Morgan fingerprint density at radius 1 is 1.26 bits per heavy atom. The molecule has 0 N–H and O–H groups in total. The number of thiophene rings is 1. The number of thiazole rings is 1. The summed E-state index contributed by atoms with van der Waals surface area (Å²) < 4.78 is 12.5. The van der Waals surface area contributed by atoms with E-state index in [2.05, 4.69) is 4.99 Å². The van der Waals surface area contributed by atoms with Crippen LogP contribution < -0.4 is 14.9 Å². The van der Waals surface area contributed by atoms with Gasteiger partial charge in [0.05, 0.1) is 22.4 Å². The maximum Gasteiger partial charge on any atom is 0.338 e. The van der Waals surface area contributed by atoms with Crippen molar-refractivity contribution in [3.05, 3.63) is 88.2 Å². The molecule has 0 bridgehead atoms. The number of carbonyl (C=O) groups is 1. The average Bonchev–Trinajstić information content (AvgIpc) is 3.38. The van der Waals surface area contributed by atoms with Crippen molar-refractivity contribution in [1.29, 1.82) is 0 Å². The molecule has 3 aromatic rings. The number of ether oxygens (including phenoxy) is 2. The number of aromatic nitrogens is 1. The summed E-state index contributed by atoms with van der Waals surface area (Å²) in [5.74, 6) is -0.497. The molecular formula is C22H19ClN2O4S2. The Balaban J connectivity index is 1.84. The van der Waals surface area contributed by atoms with Crippen LogP contribution in [0.25, 0.3) is 6.08 Å². The molecular weight excluding hydrogens is 456 g/mol. The lowest BCUT2D eigenvalue weighted by molar-refractivity contribution is -0.140. The Morgan fingerprint density at radius 2 is 2.03 bits per heavy atom. The molecule has 0 saturated heterocycles. The third-order valence-electron chi connectivity index (χ3n) is 4.74. The SMILES string of the molecule is COCCOC(=O)C1=C(C)N=c2sc(=Cc3ccc(Cl)cc3)c(=O)n2[C@@H]1c1cccs1. The Hall–Kier alpha value is -2.52. The van der Waals surface area contributed by atoms with Crippen molar-refractivity contribution in [3.63, 3.8) is 0 Å². The van der Waals surface area contributed by atoms with Crippen LogP contribution in [0.15, 0.2) is 62.8 Å². The van der Waals surface area contributed by atoms with Gasteiger partial charge in [-0.05, 0) is 42.1 Å². The molecule has 0 unspecified atom stereocenters. The summed E-state index contributed by atoms with van der Waals surface area (Å²) in [5, 5.41) is 2.55. The summed E-state index contributed by atoms with van der Waals surface area (Å²) in [6.07, 6.45) is 1.81. The Morgan fingerprint density at radius 3 is 2.71 bits per heavy atom. The van der Waals surface area contributed by atoms with Gasteiger partial charge in [0.2, 0.25) is 0 Å². The van der Waals surface area contributed by atoms with Crippen LogP contribution in [0.4, 0.5) is 0 Å². The first kappa shape index (κ1) is 21.7. The van der Waals surface area contributed by atoms with Gasteiger partial charge in [-0.15, -0.1) is 11.3 Å². The van der Waals surface area contributed by atoms with Crippen LogP contribution in [0.1, 0.15) is 23.4 Å². The molecule has 0 amide bonds. The van der Waals surface area contributed by atoms with Gasteiger partial charge in [0.25, 0.3) is 5.56 Å². The zero-order valence-electron chi connectivity index (χ0n) is 16.8. The summed E-state index contributed by atoms with van der Waals surface area (Å²) in [7, 11) is 1.54. The van der Waals surface area contributed by atoms with Gasteiger partial charge >= 0.3 is 5.97 Å². The number of fused-ring (bicyclic) bond motifs is 1. The van der Waals surface area contributed by atoms with Gasteiger partial charge in [-0.1, -0.05) is 41.1 Å². The number of carbonyl (C=O) groups excluding carboxylic acids is 1. The van der Waals surface area contributed by atoms with E-state index in [0.29, 0.717) is 32.2 Å². The lowest BCUT2D eigenvalue weighted by Gasteiger charge is -2.23. The standard InChI is InChI=1S/C22H19ClN2O4S2/c1-13-18(21(27)29-10-9-28-2)19(16-4-3-11-30-16)25-20(26)17(31-22(25)24-13)12-14-5-7-15(23)8-6-14/h3-8,11-12,19H,9-10H2,1-2H3/t19-/m1/s1. The third-order valence-corrected chi connectivity index (χ3v) is 6.90. The van der Waals surface area contributed by atoms with Gasteiger partial charge in [-0.3, -0.25) is 9.36 Å². The first-order valence-corrected chi connectivity index (χ1v) is 11.5. The monoisotopic (exact) mass is 474 g/mol. The van der Waals surface area contributed by atoms with Crippen molar-refractivity contribution in [2.75, 3.05) is 20.3 Å². The van der Waals surface area contributed by atoms with Crippen LogP contribution in [0.3, 0.4) is 0 Å². The second-order valence-corrected chi connectivity index (χ2v) is 9.20. The second kappa shape index (κ2) is 9.32. The molecule has 0 radical (unpaired) electrons. The van der Waals surface area contributed by atoms with E-state index in [1.807, 2.05) is 35.7 Å². The number of benzene rings is 1. The maximum atomic E-state index is 13.4. The van der Waals surface area contributed by atoms with E-state index in [4.69, 9.17) is 21.1 Å². The zero-order chi connectivity index (χ0) is 22.0. The van der Waals surface area contributed by atoms with Gasteiger partial charge < -0.3 is 9.47 Å². The summed E-state index contributed by atoms with van der Waals surface area (Å²) >= 11 is 8.74. The highest BCUT2D eigenvalue weighted by Gasteiger charge is 2.33. The molecule has 1 aliphatic rings. The van der Waals surface area contributed by atoms with E-state index in [0.717, 1.165) is 10.4 Å². The number of rotatable bonds is 6. The summed E-state index contributed by atoms with van der Waals surface area (Å²) in [6.45, 7) is 2.19. The fourth-order valence-corrected chi connectivity index (χ4v) is 5.30. The number of nitrogens with zero attached hydrogens (tertiary/aromatic N) is 2. The van der Waals surface area contributed by atoms with Crippen molar-refractivity contribution in [2.24, 2.45) is 4.99 Å². The van der Waals surface area contributed by atoms with E-state index >= 15 is 0 Å². The third kappa shape index (κ3) is 4.43. The van der Waals surface area contributed by atoms with E-state index in [1.165, 1.54) is 22.7 Å². The maximum absolute atomic E-state index is 13.4. The summed E-state index contributed by atoms with van der Waals surface area (Å²) in [6, 6.07) is 10.5. The summed E-state index contributed by atoms with van der Waals surface area (Å²) in [5.41, 5.74) is 1.56. The smallest absolute Gasteiger partial charge is 0.338 e. The molecule has 2 aromatic heterocycles. The molecule has 0 aliphatic carbocycles. The molecule has 1 aromatic carbocycles. The number of hydrogen-bond acceptors (Lipinski definition) is 7. The Bertz CT molecular complexity index is 1300.